The number of carbonyl (C=O) groups is 2. The Labute approximate surface area is 180 Å². The molecule has 0 radical (unpaired) electrons. The summed E-state index contributed by atoms with van der Waals surface area (Å²) in [5, 5.41) is 0. The summed E-state index contributed by atoms with van der Waals surface area (Å²) in [4.78, 5) is 38.1. The van der Waals surface area contributed by atoms with Gasteiger partial charge in [-0.1, -0.05) is 25.1 Å². The second kappa shape index (κ2) is 7.72. The van der Waals surface area contributed by atoms with E-state index >= 15 is 0 Å². The Bertz CT molecular complexity index is 1230. The van der Waals surface area contributed by atoms with Gasteiger partial charge in [0, 0.05) is 24.0 Å². The molecular formula is C24H27N3O4. The zero-order valence-electron chi connectivity index (χ0n) is 18.5. The van der Waals surface area contributed by atoms with Gasteiger partial charge in [-0.25, -0.2) is 4.68 Å². The van der Waals surface area contributed by atoms with Crippen LogP contribution in [0.3, 0.4) is 0 Å². The Hall–Kier alpha value is -3.35. The minimum absolute atomic E-state index is 0.0800. The van der Waals surface area contributed by atoms with E-state index in [9.17, 15) is 14.4 Å². The third-order valence-corrected chi connectivity index (χ3v) is 6.24. The fourth-order valence-electron chi connectivity index (χ4n) is 4.17. The number of ketones is 1. The van der Waals surface area contributed by atoms with Crippen molar-refractivity contribution in [3.05, 3.63) is 69.4 Å². The van der Waals surface area contributed by atoms with Crippen molar-refractivity contribution in [3.63, 3.8) is 0 Å². The van der Waals surface area contributed by atoms with Crippen LogP contribution >= 0.6 is 0 Å². The van der Waals surface area contributed by atoms with Crippen molar-refractivity contribution < 1.29 is 14.3 Å². The van der Waals surface area contributed by atoms with Gasteiger partial charge in [-0.3, -0.25) is 19.1 Å². The van der Waals surface area contributed by atoms with E-state index < -0.39 is 0 Å². The van der Waals surface area contributed by atoms with Gasteiger partial charge < -0.3 is 9.30 Å². The molecule has 0 bridgehead atoms. The molecule has 0 unspecified atom stereocenters. The van der Waals surface area contributed by atoms with E-state index in [0.717, 1.165) is 23.5 Å². The van der Waals surface area contributed by atoms with Crippen LogP contribution < -0.4 is 5.56 Å². The first-order valence-electron chi connectivity index (χ1n) is 10.5. The molecule has 1 saturated carbocycles. The molecule has 7 nitrogen and oxygen atoms in total. The number of benzene rings is 1. The molecule has 1 fully saturated rings. The number of Topliss-reactive ketones (excluding diaryl/α,β-unsaturated/α-hetero) is 1. The second-order valence-electron chi connectivity index (χ2n) is 8.38. The van der Waals surface area contributed by atoms with Gasteiger partial charge in [0.25, 0.3) is 5.56 Å². The van der Waals surface area contributed by atoms with Gasteiger partial charge in [0.05, 0.1) is 17.3 Å². The predicted octanol–water partition coefficient (Wildman–Crippen LogP) is 3.27. The highest BCUT2D eigenvalue weighted by Crippen LogP contribution is 2.38. The van der Waals surface area contributed by atoms with Gasteiger partial charge in [0.15, 0.2) is 6.61 Å². The van der Waals surface area contributed by atoms with E-state index in [4.69, 9.17) is 4.74 Å². The van der Waals surface area contributed by atoms with Gasteiger partial charge in [-0.15, -0.1) is 0 Å². The van der Waals surface area contributed by atoms with Crippen molar-refractivity contribution in [1.82, 2.24) is 13.9 Å². The Morgan fingerprint density at radius 1 is 1.10 bits per heavy atom. The molecule has 7 heteroatoms. The number of esters is 1. The summed E-state index contributed by atoms with van der Waals surface area (Å²) in [5.74, 6) is -0.318. The maximum absolute atomic E-state index is 13.4. The van der Waals surface area contributed by atoms with Gasteiger partial charge in [-0.05, 0) is 51.3 Å². The zero-order chi connectivity index (χ0) is 22.4. The van der Waals surface area contributed by atoms with Crippen LogP contribution in [0.1, 0.15) is 40.8 Å². The number of aryl methyl sites for hydroxylation is 1. The Kier molecular flexibility index (Phi) is 5.21. The van der Waals surface area contributed by atoms with Gasteiger partial charge in [0.1, 0.15) is 5.69 Å². The number of aromatic nitrogens is 3. The molecule has 0 amide bonds. The summed E-state index contributed by atoms with van der Waals surface area (Å²) in [7, 11) is 1.84. The number of para-hydroxylation sites is 1. The topological polar surface area (TPSA) is 75.2 Å². The highest BCUT2D eigenvalue weighted by molar-refractivity contribution is 5.99. The SMILES string of the molecule is Cc1cc(C(=O)COC(=O)[C@@H]2C[C@H]2C)c(C)n1-c1c(C)n(C)n(-c2ccccc2)c1=O. The number of carbonyl (C=O) groups excluding carboxylic acids is 2. The van der Waals surface area contributed by atoms with Crippen LogP contribution in [0, 0.1) is 32.6 Å². The second-order valence-corrected chi connectivity index (χ2v) is 8.38. The summed E-state index contributed by atoms with van der Waals surface area (Å²) < 4.78 is 10.5. The lowest BCUT2D eigenvalue weighted by Crippen LogP contribution is -2.22. The van der Waals surface area contributed by atoms with Gasteiger partial charge in [0.2, 0.25) is 5.78 Å². The molecule has 0 saturated heterocycles. The normalized spacial score (nSPS) is 17.6. The molecule has 3 aromatic rings. The molecule has 162 valence electrons. The van der Waals surface area contributed by atoms with Crippen LogP contribution in [0.15, 0.2) is 41.2 Å². The van der Waals surface area contributed by atoms with Crippen molar-refractivity contribution in [2.75, 3.05) is 6.61 Å². The zero-order valence-corrected chi connectivity index (χ0v) is 18.5. The molecule has 1 aliphatic carbocycles. The van der Waals surface area contributed by atoms with Crippen LogP contribution in [-0.4, -0.2) is 32.3 Å². The molecule has 2 atom stereocenters. The first kappa shape index (κ1) is 20.9. The van der Waals surface area contributed by atoms with Crippen molar-refractivity contribution >= 4 is 11.8 Å². The highest BCUT2D eigenvalue weighted by atomic mass is 16.5. The lowest BCUT2D eigenvalue weighted by molar-refractivity contribution is -0.144. The summed E-state index contributed by atoms with van der Waals surface area (Å²) in [6.45, 7) is 7.26. The van der Waals surface area contributed by atoms with E-state index in [-0.39, 0.29) is 29.8 Å². The first-order chi connectivity index (χ1) is 14.7. The Morgan fingerprint density at radius 2 is 1.74 bits per heavy atom. The third kappa shape index (κ3) is 3.54. The number of nitrogens with zero attached hydrogens (tertiary/aromatic N) is 3. The van der Waals surface area contributed by atoms with Crippen molar-refractivity contribution in [1.29, 1.82) is 0 Å². The van der Waals surface area contributed by atoms with E-state index in [1.807, 2.05) is 74.3 Å². The van der Waals surface area contributed by atoms with E-state index in [0.29, 0.717) is 22.9 Å². The van der Waals surface area contributed by atoms with Crippen molar-refractivity contribution in [2.24, 2.45) is 18.9 Å². The minimum atomic E-state index is -0.306. The lowest BCUT2D eigenvalue weighted by atomic mass is 10.1. The average molecular weight is 421 g/mol. The van der Waals surface area contributed by atoms with Crippen molar-refractivity contribution in [3.8, 4) is 11.4 Å². The summed E-state index contributed by atoms with van der Waals surface area (Å²) in [5.41, 5.74) is 3.78. The molecule has 1 aliphatic rings. The highest BCUT2D eigenvalue weighted by Gasteiger charge is 2.40. The first-order valence-corrected chi connectivity index (χ1v) is 10.5. The number of ether oxygens (including phenoxy) is 1. The van der Waals surface area contributed by atoms with Gasteiger partial charge in [-0.2, -0.15) is 0 Å². The Morgan fingerprint density at radius 3 is 2.35 bits per heavy atom. The molecule has 31 heavy (non-hydrogen) atoms. The summed E-state index contributed by atoms with van der Waals surface area (Å²) >= 11 is 0. The van der Waals surface area contributed by atoms with E-state index in [2.05, 4.69) is 0 Å². The predicted molar refractivity (Wildman–Crippen MR) is 117 cm³/mol. The van der Waals surface area contributed by atoms with Crippen LogP contribution in [0.4, 0.5) is 0 Å². The van der Waals surface area contributed by atoms with Crippen LogP contribution in [-0.2, 0) is 16.6 Å². The molecule has 4 rings (SSSR count). The van der Waals surface area contributed by atoms with Crippen LogP contribution in [0.25, 0.3) is 11.4 Å². The maximum atomic E-state index is 13.4. The molecule has 0 N–H and O–H groups in total. The van der Waals surface area contributed by atoms with Crippen molar-refractivity contribution in [2.45, 2.75) is 34.1 Å². The fourth-order valence-corrected chi connectivity index (χ4v) is 4.17. The molecular weight excluding hydrogens is 394 g/mol. The van der Waals surface area contributed by atoms with E-state index in [1.165, 1.54) is 0 Å². The Balaban J connectivity index is 1.69. The fraction of sp³-hybridized carbons (Fsp3) is 0.375. The number of hydrogen-bond acceptors (Lipinski definition) is 4. The van der Waals surface area contributed by atoms with Gasteiger partial charge >= 0.3 is 5.97 Å². The third-order valence-electron chi connectivity index (χ3n) is 6.24. The average Bonchev–Trinajstić information content (AvgIpc) is 3.36. The molecule has 2 aromatic heterocycles. The summed E-state index contributed by atoms with van der Waals surface area (Å²) in [6.07, 6.45) is 0.822. The standard InChI is InChI=1S/C24H27N3O4/c1-14-11-19(14)24(30)31-13-21(28)20-12-15(2)26(16(20)3)22-17(4)25(5)27(23(22)29)18-9-7-6-8-10-18/h6-10,12,14,19H,11,13H2,1-5H3/t14-,19-/m1/s1. The molecule has 2 heterocycles. The lowest BCUT2D eigenvalue weighted by Gasteiger charge is -2.09. The molecule has 0 aliphatic heterocycles. The monoisotopic (exact) mass is 421 g/mol. The number of rotatable bonds is 6. The van der Waals surface area contributed by atoms with Crippen LogP contribution in [0.2, 0.25) is 0 Å². The van der Waals surface area contributed by atoms with Crippen LogP contribution in [0.5, 0.6) is 0 Å². The summed E-state index contributed by atoms with van der Waals surface area (Å²) in [6, 6.07) is 11.2. The maximum Gasteiger partial charge on any atom is 0.309 e. The quantitative estimate of drug-likeness (QED) is 0.452. The minimum Gasteiger partial charge on any atom is -0.457 e. The smallest absolute Gasteiger partial charge is 0.309 e. The molecule has 1 aromatic carbocycles. The molecule has 0 spiro atoms. The largest absolute Gasteiger partial charge is 0.457 e. The number of hydrogen-bond donors (Lipinski definition) is 0. The van der Waals surface area contributed by atoms with E-state index in [1.54, 1.807) is 10.7 Å².